The largest absolute Gasteiger partial charge is 0.371 e. The number of anilines is 1. The van der Waals surface area contributed by atoms with E-state index in [2.05, 4.69) is 30.8 Å². The molecule has 0 aliphatic carbocycles. The Balaban J connectivity index is 2.70. The van der Waals surface area contributed by atoms with Gasteiger partial charge in [-0.05, 0) is 32.6 Å². The van der Waals surface area contributed by atoms with Gasteiger partial charge in [-0.2, -0.15) is 5.10 Å². The SMILES string of the molecule is CCN(CC)c1cnn(CCC(C)CCCl)c(=O)c1. The molecular formula is C14H24ClN3O. The van der Waals surface area contributed by atoms with Crippen LogP contribution in [0.5, 0.6) is 0 Å². The van der Waals surface area contributed by atoms with Crippen molar-refractivity contribution in [3.05, 3.63) is 22.6 Å². The second kappa shape index (κ2) is 8.20. The number of alkyl halides is 1. The molecule has 1 rings (SSSR count). The molecule has 1 aromatic rings. The zero-order chi connectivity index (χ0) is 14.3. The maximum Gasteiger partial charge on any atom is 0.268 e. The molecule has 0 amide bonds. The van der Waals surface area contributed by atoms with Gasteiger partial charge in [0.05, 0.1) is 11.9 Å². The van der Waals surface area contributed by atoms with Gasteiger partial charge >= 0.3 is 0 Å². The molecule has 0 bridgehead atoms. The molecule has 19 heavy (non-hydrogen) atoms. The summed E-state index contributed by atoms with van der Waals surface area (Å²) in [4.78, 5) is 14.1. The Morgan fingerprint density at radius 3 is 2.58 bits per heavy atom. The lowest BCUT2D eigenvalue weighted by Gasteiger charge is -2.20. The fraction of sp³-hybridized carbons (Fsp3) is 0.714. The van der Waals surface area contributed by atoms with E-state index in [0.717, 1.165) is 31.6 Å². The van der Waals surface area contributed by atoms with Gasteiger partial charge in [0.2, 0.25) is 0 Å². The highest BCUT2D eigenvalue weighted by molar-refractivity contribution is 6.17. The van der Waals surface area contributed by atoms with Gasteiger partial charge in [0, 0.05) is 31.6 Å². The normalized spacial score (nSPS) is 12.4. The third-order valence-corrected chi connectivity index (χ3v) is 3.64. The summed E-state index contributed by atoms with van der Waals surface area (Å²) < 4.78 is 1.54. The molecule has 1 atom stereocenters. The van der Waals surface area contributed by atoms with E-state index < -0.39 is 0 Å². The lowest BCUT2D eigenvalue weighted by atomic mass is 10.1. The first-order chi connectivity index (χ1) is 9.12. The van der Waals surface area contributed by atoms with Gasteiger partial charge in [-0.25, -0.2) is 4.68 Å². The van der Waals surface area contributed by atoms with Crippen LogP contribution in [0, 0.1) is 5.92 Å². The Bertz CT molecular complexity index is 429. The first kappa shape index (κ1) is 16.0. The molecule has 1 heterocycles. The molecule has 0 saturated heterocycles. The van der Waals surface area contributed by atoms with Crippen molar-refractivity contribution >= 4 is 17.3 Å². The summed E-state index contributed by atoms with van der Waals surface area (Å²) in [6.45, 7) is 8.72. The van der Waals surface area contributed by atoms with Gasteiger partial charge in [0.25, 0.3) is 5.56 Å². The smallest absolute Gasteiger partial charge is 0.268 e. The van der Waals surface area contributed by atoms with Crippen molar-refractivity contribution in [3.8, 4) is 0 Å². The molecule has 0 spiro atoms. The fourth-order valence-electron chi connectivity index (χ4n) is 2.03. The summed E-state index contributed by atoms with van der Waals surface area (Å²) in [6.07, 6.45) is 3.69. The van der Waals surface area contributed by atoms with Crippen molar-refractivity contribution in [2.75, 3.05) is 23.9 Å². The number of nitrogens with zero attached hydrogens (tertiary/aromatic N) is 3. The standard InChI is InChI=1S/C14H24ClN3O/c1-4-17(5-2)13-10-14(19)18(16-11-13)9-7-12(3)6-8-15/h10-12H,4-9H2,1-3H3. The number of hydrogen-bond donors (Lipinski definition) is 0. The van der Waals surface area contributed by atoms with Gasteiger partial charge in [-0.15, -0.1) is 11.6 Å². The van der Waals surface area contributed by atoms with E-state index in [1.807, 2.05) is 0 Å². The predicted octanol–water partition coefficient (Wildman–Crippen LogP) is 2.74. The lowest BCUT2D eigenvalue weighted by molar-refractivity contribution is 0.439. The summed E-state index contributed by atoms with van der Waals surface area (Å²) in [5.74, 6) is 1.19. The van der Waals surface area contributed by atoms with Crippen LogP contribution in [0.25, 0.3) is 0 Å². The zero-order valence-electron chi connectivity index (χ0n) is 12.1. The number of rotatable bonds is 8. The molecule has 5 heteroatoms. The average Bonchev–Trinajstić information content (AvgIpc) is 2.39. The summed E-state index contributed by atoms with van der Waals surface area (Å²) in [5, 5.41) is 4.26. The number of aromatic nitrogens is 2. The first-order valence-corrected chi connectivity index (χ1v) is 7.53. The highest BCUT2D eigenvalue weighted by Gasteiger charge is 2.07. The van der Waals surface area contributed by atoms with Crippen molar-refractivity contribution in [1.29, 1.82) is 0 Å². The van der Waals surface area contributed by atoms with Gasteiger partial charge in [0.1, 0.15) is 0 Å². The minimum Gasteiger partial charge on any atom is -0.371 e. The molecular weight excluding hydrogens is 262 g/mol. The van der Waals surface area contributed by atoms with E-state index in [-0.39, 0.29) is 5.56 Å². The van der Waals surface area contributed by atoms with Gasteiger partial charge in [-0.3, -0.25) is 4.79 Å². The highest BCUT2D eigenvalue weighted by atomic mass is 35.5. The zero-order valence-corrected chi connectivity index (χ0v) is 12.9. The van der Waals surface area contributed by atoms with Gasteiger partial charge in [-0.1, -0.05) is 6.92 Å². The second-order valence-corrected chi connectivity index (χ2v) is 5.20. The Hall–Kier alpha value is -1.03. The molecule has 0 aliphatic heterocycles. The van der Waals surface area contributed by atoms with E-state index in [0.29, 0.717) is 18.3 Å². The Morgan fingerprint density at radius 2 is 2.05 bits per heavy atom. The molecule has 1 aromatic heterocycles. The van der Waals surface area contributed by atoms with Crippen LogP contribution in [0.3, 0.4) is 0 Å². The maximum atomic E-state index is 12.0. The number of aryl methyl sites for hydroxylation is 1. The van der Waals surface area contributed by atoms with E-state index >= 15 is 0 Å². The lowest BCUT2D eigenvalue weighted by Crippen LogP contribution is -2.28. The molecule has 0 N–H and O–H groups in total. The maximum absolute atomic E-state index is 12.0. The Morgan fingerprint density at radius 1 is 1.37 bits per heavy atom. The first-order valence-electron chi connectivity index (χ1n) is 7.00. The van der Waals surface area contributed by atoms with Crippen LogP contribution < -0.4 is 10.5 Å². The van der Waals surface area contributed by atoms with Gasteiger partial charge < -0.3 is 4.90 Å². The predicted molar refractivity (Wildman–Crippen MR) is 81.2 cm³/mol. The van der Waals surface area contributed by atoms with Crippen molar-refractivity contribution in [1.82, 2.24) is 9.78 Å². The van der Waals surface area contributed by atoms with Crippen molar-refractivity contribution in [2.45, 2.75) is 40.2 Å². The summed E-state index contributed by atoms with van der Waals surface area (Å²) in [6, 6.07) is 1.67. The quantitative estimate of drug-likeness (QED) is 0.689. The van der Waals surface area contributed by atoms with Crippen LogP contribution in [-0.2, 0) is 6.54 Å². The van der Waals surface area contributed by atoms with E-state index in [9.17, 15) is 4.79 Å². The topological polar surface area (TPSA) is 38.1 Å². The molecule has 0 saturated carbocycles. The van der Waals surface area contributed by atoms with Crippen molar-refractivity contribution in [3.63, 3.8) is 0 Å². The molecule has 0 aliphatic rings. The second-order valence-electron chi connectivity index (χ2n) is 4.82. The van der Waals surface area contributed by atoms with Gasteiger partial charge in [0.15, 0.2) is 0 Å². The van der Waals surface area contributed by atoms with E-state index in [1.165, 1.54) is 4.68 Å². The number of hydrogen-bond acceptors (Lipinski definition) is 3. The summed E-state index contributed by atoms with van der Waals surface area (Å²) in [7, 11) is 0. The molecule has 0 fully saturated rings. The van der Waals surface area contributed by atoms with Crippen molar-refractivity contribution < 1.29 is 0 Å². The minimum atomic E-state index is -0.0255. The Labute approximate surface area is 120 Å². The van der Waals surface area contributed by atoms with Crippen LogP contribution >= 0.6 is 11.6 Å². The fourth-order valence-corrected chi connectivity index (χ4v) is 2.40. The molecule has 108 valence electrons. The Kier molecular flexibility index (Phi) is 6.92. The van der Waals surface area contributed by atoms with E-state index in [1.54, 1.807) is 12.3 Å². The van der Waals surface area contributed by atoms with Crippen LogP contribution in [-0.4, -0.2) is 28.8 Å². The third kappa shape index (κ3) is 4.86. The highest BCUT2D eigenvalue weighted by Crippen LogP contribution is 2.11. The summed E-state index contributed by atoms with van der Waals surface area (Å²) in [5.41, 5.74) is 0.877. The molecule has 0 radical (unpaired) electrons. The average molecular weight is 286 g/mol. The molecule has 4 nitrogen and oxygen atoms in total. The van der Waals surface area contributed by atoms with E-state index in [4.69, 9.17) is 11.6 Å². The van der Waals surface area contributed by atoms with Crippen LogP contribution in [0.1, 0.15) is 33.6 Å². The van der Waals surface area contributed by atoms with Crippen molar-refractivity contribution in [2.24, 2.45) is 5.92 Å². The van der Waals surface area contributed by atoms with Crippen LogP contribution in [0.4, 0.5) is 5.69 Å². The number of halogens is 1. The van der Waals surface area contributed by atoms with Crippen LogP contribution in [0.15, 0.2) is 17.1 Å². The molecule has 0 aromatic carbocycles. The monoisotopic (exact) mass is 285 g/mol. The molecule has 1 unspecified atom stereocenters. The third-order valence-electron chi connectivity index (χ3n) is 3.42. The summed E-state index contributed by atoms with van der Waals surface area (Å²) >= 11 is 5.71. The van der Waals surface area contributed by atoms with Crippen LogP contribution in [0.2, 0.25) is 0 Å². The minimum absolute atomic E-state index is 0.0255.